The van der Waals surface area contributed by atoms with E-state index in [0.717, 1.165) is 73.9 Å². The molecule has 2 heterocycles. The standard InChI is InChI=1S/C35H52N6O2/c1-7-41(30-15-13-28(14-16-30)38(4)5)33-22-27(12-11-26-17-19-40(20-18-26)29-9-8-10-29)21-31(24(33)2)34(42)36-23-32-25(3)37-39(6)35(32)43/h21-22,26,28-30,37H,7-10,13-20,23H2,1-6H3,(H,36,42). The van der Waals surface area contributed by atoms with Crippen LogP contribution in [0.25, 0.3) is 0 Å². The van der Waals surface area contributed by atoms with Crippen LogP contribution in [0, 0.1) is 31.6 Å². The van der Waals surface area contributed by atoms with Gasteiger partial charge in [0.1, 0.15) is 0 Å². The molecule has 2 N–H and O–H groups in total. The lowest BCUT2D eigenvalue weighted by atomic mass is 9.88. The molecule has 0 spiro atoms. The Hall–Kier alpha value is -3.02. The van der Waals surface area contributed by atoms with Crippen molar-refractivity contribution in [1.29, 1.82) is 0 Å². The van der Waals surface area contributed by atoms with E-state index in [9.17, 15) is 9.59 Å². The molecular weight excluding hydrogens is 536 g/mol. The summed E-state index contributed by atoms with van der Waals surface area (Å²) in [6.45, 7) is 9.51. The van der Waals surface area contributed by atoms with Gasteiger partial charge in [-0.3, -0.25) is 19.4 Å². The first kappa shape index (κ1) is 31.4. The number of rotatable bonds is 8. The molecule has 2 saturated carbocycles. The highest BCUT2D eigenvalue weighted by molar-refractivity contribution is 5.97. The van der Waals surface area contributed by atoms with E-state index in [4.69, 9.17) is 0 Å². The first-order valence-corrected chi connectivity index (χ1v) is 16.5. The van der Waals surface area contributed by atoms with Crippen molar-refractivity contribution in [2.75, 3.05) is 38.6 Å². The minimum absolute atomic E-state index is 0.108. The maximum Gasteiger partial charge on any atom is 0.271 e. The van der Waals surface area contributed by atoms with E-state index >= 15 is 0 Å². The van der Waals surface area contributed by atoms with Gasteiger partial charge in [-0.15, -0.1) is 0 Å². The summed E-state index contributed by atoms with van der Waals surface area (Å²) in [7, 11) is 6.06. The smallest absolute Gasteiger partial charge is 0.271 e. The molecule has 1 aromatic carbocycles. The normalized spacial score (nSPS) is 21.7. The first-order chi connectivity index (χ1) is 20.7. The Labute approximate surface area is 258 Å². The molecule has 0 atom stereocenters. The van der Waals surface area contributed by atoms with Crippen molar-refractivity contribution >= 4 is 11.6 Å². The van der Waals surface area contributed by atoms with Crippen molar-refractivity contribution in [3.05, 3.63) is 50.4 Å². The third-order valence-corrected chi connectivity index (χ3v) is 10.4. The Kier molecular flexibility index (Phi) is 10.0. The molecular formula is C35H52N6O2. The fourth-order valence-electron chi connectivity index (χ4n) is 7.37. The number of likely N-dealkylation sites (tertiary alicyclic amines) is 1. The van der Waals surface area contributed by atoms with Gasteiger partial charge >= 0.3 is 0 Å². The highest BCUT2D eigenvalue weighted by Crippen LogP contribution is 2.33. The number of hydrogen-bond acceptors (Lipinski definition) is 5. The quantitative estimate of drug-likeness (QED) is 0.442. The summed E-state index contributed by atoms with van der Waals surface area (Å²) in [5, 5.41) is 6.07. The van der Waals surface area contributed by atoms with Crippen molar-refractivity contribution in [3.8, 4) is 11.8 Å². The summed E-state index contributed by atoms with van der Waals surface area (Å²) in [4.78, 5) is 33.8. The van der Waals surface area contributed by atoms with Crippen molar-refractivity contribution in [2.45, 2.75) is 103 Å². The highest BCUT2D eigenvalue weighted by Gasteiger charge is 2.30. The molecule has 234 valence electrons. The fraction of sp³-hybridized carbons (Fsp3) is 0.657. The molecule has 8 heteroatoms. The van der Waals surface area contributed by atoms with E-state index in [1.807, 2.05) is 13.0 Å². The number of aromatic amines is 1. The highest BCUT2D eigenvalue weighted by atomic mass is 16.2. The zero-order valence-corrected chi connectivity index (χ0v) is 27.3. The number of aryl methyl sites for hydroxylation is 2. The third kappa shape index (κ3) is 7.05. The zero-order valence-electron chi connectivity index (χ0n) is 27.3. The molecule has 3 fully saturated rings. The molecule has 3 aliphatic rings. The molecule has 2 aromatic rings. The largest absolute Gasteiger partial charge is 0.369 e. The number of piperidine rings is 1. The second kappa shape index (κ2) is 13.7. The predicted molar refractivity (Wildman–Crippen MR) is 175 cm³/mol. The van der Waals surface area contributed by atoms with Gasteiger partial charge in [-0.2, -0.15) is 0 Å². The second-order valence-electron chi connectivity index (χ2n) is 13.3. The van der Waals surface area contributed by atoms with E-state index in [1.54, 1.807) is 7.05 Å². The summed E-state index contributed by atoms with van der Waals surface area (Å²) in [5.74, 6) is 7.34. The lowest BCUT2D eigenvalue weighted by molar-refractivity contribution is 0.0945. The van der Waals surface area contributed by atoms with Gasteiger partial charge in [-0.25, -0.2) is 0 Å². The van der Waals surface area contributed by atoms with Crippen LogP contribution in [0.3, 0.4) is 0 Å². The molecule has 2 aliphatic carbocycles. The number of benzene rings is 1. The van der Waals surface area contributed by atoms with Crippen molar-refractivity contribution in [1.82, 2.24) is 24.9 Å². The number of carbonyl (C=O) groups excluding carboxylic acids is 1. The summed E-state index contributed by atoms with van der Waals surface area (Å²) >= 11 is 0. The Bertz CT molecular complexity index is 1390. The number of hydrogen-bond donors (Lipinski definition) is 2. The van der Waals surface area contributed by atoms with Crippen molar-refractivity contribution in [3.63, 3.8) is 0 Å². The first-order valence-electron chi connectivity index (χ1n) is 16.5. The number of H-pyrrole nitrogens is 1. The minimum atomic E-state index is -0.161. The van der Waals surface area contributed by atoms with E-state index in [2.05, 4.69) is 71.0 Å². The Morgan fingerprint density at radius 3 is 2.26 bits per heavy atom. The van der Waals surface area contributed by atoms with Gasteiger partial charge in [0.15, 0.2) is 0 Å². The van der Waals surface area contributed by atoms with E-state index < -0.39 is 0 Å². The van der Waals surface area contributed by atoms with Crippen LogP contribution in [0.1, 0.15) is 97.5 Å². The maximum absolute atomic E-state index is 13.7. The van der Waals surface area contributed by atoms with Crippen LogP contribution < -0.4 is 15.8 Å². The van der Waals surface area contributed by atoms with Crippen LogP contribution in [-0.2, 0) is 13.6 Å². The van der Waals surface area contributed by atoms with Gasteiger partial charge in [0.05, 0.1) is 12.1 Å². The zero-order chi connectivity index (χ0) is 30.7. The molecule has 0 bridgehead atoms. The summed E-state index contributed by atoms with van der Waals surface area (Å²) in [6, 6.07) is 6.06. The number of nitrogens with zero attached hydrogens (tertiary/aromatic N) is 4. The lowest BCUT2D eigenvalue weighted by Gasteiger charge is -2.41. The van der Waals surface area contributed by atoms with Gasteiger partial charge < -0.3 is 20.0 Å². The van der Waals surface area contributed by atoms with E-state index in [0.29, 0.717) is 29.1 Å². The summed E-state index contributed by atoms with van der Waals surface area (Å²) in [5.41, 5.74) is 4.90. The Balaban J connectivity index is 1.40. The molecule has 5 rings (SSSR count). The monoisotopic (exact) mass is 588 g/mol. The Morgan fingerprint density at radius 1 is 1.02 bits per heavy atom. The number of amides is 1. The Morgan fingerprint density at radius 2 is 1.70 bits per heavy atom. The number of carbonyl (C=O) groups is 1. The fourth-order valence-corrected chi connectivity index (χ4v) is 7.37. The van der Waals surface area contributed by atoms with Crippen LogP contribution in [0.5, 0.6) is 0 Å². The summed E-state index contributed by atoms with van der Waals surface area (Å²) < 4.78 is 1.46. The average Bonchev–Trinajstić information content (AvgIpc) is 3.21. The van der Waals surface area contributed by atoms with Crippen molar-refractivity contribution < 1.29 is 4.79 Å². The molecule has 1 aliphatic heterocycles. The van der Waals surface area contributed by atoms with Crippen LogP contribution in [0.2, 0.25) is 0 Å². The molecule has 1 aromatic heterocycles. The van der Waals surface area contributed by atoms with E-state index in [1.165, 1.54) is 36.8 Å². The van der Waals surface area contributed by atoms with Gasteiger partial charge in [0.2, 0.25) is 0 Å². The minimum Gasteiger partial charge on any atom is -0.369 e. The van der Waals surface area contributed by atoms with Gasteiger partial charge in [0, 0.05) is 60.1 Å². The number of aromatic nitrogens is 2. The molecule has 0 radical (unpaired) electrons. The van der Waals surface area contributed by atoms with Gasteiger partial charge in [0.25, 0.3) is 11.5 Å². The molecule has 8 nitrogen and oxygen atoms in total. The van der Waals surface area contributed by atoms with Crippen LogP contribution in [-0.4, -0.2) is 77.3 Å². The second-order valence-corrected chi connectivity index (χ2v) is 13.3. The van der Waals surface area contributed by atoms with Crippen LogP contribution in [0.15, 0.2) is 16.9 Å². The predicted octanol–water partition coefficient (Wildman–Crippen LogP) is 4.58. The average molecular weight is 589 g/mol. The van der Waals surface area contributed by atoms with Crippen LogP contribution in [0.4, 0.5) is 5.69 Å². The van der Waals surface area contributed by atoms with E-state index in [-0.39, 0.29) is 18.0 Å². The van der Waals surface area contributed by atoms with Gasteiger partial charge in [-0.1, -0.05) is 18.3 Å². The van der Waals surface area contributed by atoms with Gasteiger partial charge in [-0.05, 0) is 117 Å². The van der Waals surface area contributed by atoms with Crippen molar-refractivity contribution in [2.24, 2.45) is 13.0 Å². The van der Waals surface area contributed by atoms with Crippen LogP contribution >= 0.6 is 0 Å². The molecule has 0 unspecified atom stereocenters. The molecule has 1 saturated heterocycles. The SMILES string of the molecule is CCN(c1cc(C#CC2CCN(C3CCC3)CC2)cc(C(=O)NCc2c(C)[nH]n(C)c2=O)c1C)C1CCC(N(C)C)CC1. The number of anilines is 1. The molecule has 1 amide bonds. The summed E-state index contributed by atoms with van der Waals surface area (Å²) in [6.07, 6.45) is 11.0. The maximum atomic E-state index is 13.7. The third-order valence-electron chi connectivity index (χ3n) is 10.4. The topological polar surface area (TPSA) is 76.6 Å². The lowest BCUT2D eigenvalue weighted by Crippen LogP contribution is -2.44. The molecule has 43 heavy (non-hydrogen) atoms. The number of nitrogens with one attached hydrogen (secondary N) is 2.